The predicted octanol–water partition coefficient (Wildman–Crippen LogP) is 3.04. The number of alkyl halides is 3. The molecule has 2 N–H and O–H groups in total. The highest BCUT2D eigenvalue weighted by Gasteiger charge is 2.31. The Morgan fingerprint density at radius 2 is 1.81 bits per heavy atom. The monoisotopic (exact) mass is 298 g/mol. The largest absolute Gasteiger partial charge is 0.573 e. The Labute approximate surface area is 119 Å². The molecule has 0 saturated heterocycles. The molecule has 0 amide bonds. The zero-order valence-corrected chi connectivity index (χ0v) is 11.1. The van der Waals surface area contributed by atoms with Gasteiger partial charge < -0.3 is 15.2 Å². The van der Waals surface area contributed by atoms with Crippen LogP contribution in [0.25, 0.3) is 0 Å². The molecule has 1 aromatic carbocycles. The van der Waals surface area contributed by atoms with Gasteiger partial charge in [0.15, 0.2) is 0 Å². The number of hydrogen-bond donors (Lipinski definition) is 1. The SMILES string of the molecule is COc1cccnc1C(N)c1ccc(OC(F)(F)F)cc1. The zero-order valence-electron chi connectivity index (χ0n) is 11.1. The van der Waals surface area contributed by atoms with Crippen molar-refractivity contribution in [2.45, 2.75) is 12.4 Å². The average molecular weight is 298 g/mol. The standard InChI is InChI=1S/C14H13F3N2O2/c1-20-11-3-2-8-19-13(11)12(18)9-4-6-10(7-5-9)21-14(15,16)17/h2-8,12H,18H2,1H3. The van der Waals surface area contributed by atoms with Crippen LogP contribution in [0, 0.1) is 0 Å². The van der Waals surface area contributed by atoms with E-state index in [-0.39, 0.29) is 5.75 Å². The Hall–Kier alpha value is -2.28. The number of hydrogen-bond acceptors (Lipinski definition) is 4. The van der Waals surface area contributed by atoms with Crippen LogP contribution < -0.4 is 15.2 Å². The number of nitrogens with zero attached hydrogens (tertiary/aromatic N) is 1. The number of aromatic nitrogens is 1. The second-order valence-electron chi connectivity index (χ2n) is 4.19. The minimum Gasteiger partial charge on any atom is -0.495 e. The normalized spacial score (nSPS) is 12.8. The van der Waals surface area contributed by atoms with Gasteiger partial charge in [-0.1, -0.05) is 12.1 Å². The van der Waals surface area contributed by atoms with Gasteiger partial charge in [-0.15, -0.1) is 13.2 Å². The van der Waals surface area contributed by atoms with Crippen LogP contribution in [0.2, 0.25) is 0 Å². The maximum atomic E-state index is 12.1. The molecule has 2 rings (SSSR count). The lowest BCUT2D eigenvalue weighted by Crippen LogP contribution is -2.17. The number of ether oxygens (including phenoxy) is 2. The van der Waals surface area contributed by atoms with Crippen molar-refractivity contribution in [3.8, 4) is 11.5 Å². The van der Waals surface area contributed by atoms with Gasteiger partial charge in [0, 0.05) is 6.20 Å². The van der Waals surface area contributed by atoms with Gasteiger partial charge >= 0.3 is 6.36 Å². The molecule has 0 saturated carbocycles. The average Bonchev–Trinajstić information content (AvgIpc) is 2.45. The van der Waals surface area contributed by atoms with E-state index in [4.69, 9.17) is 10.5 Å². The van der Waals surface area contributed by atoms with Crippen LogP contribution in [-0.2, 0) is 0 Å². The molecular formula is C14H13F3N2O2. The predicted molar refractivity (Wildman–Crippen MR) is 69.9 cm³/mol. The topological polar surface area (TPSA) is 57.4 Å². The smallest absolute Gasteiger partial charge is 0.495 e. The third-order valence-electron chi connectivity index (χ3n) is 2.79. The Balaban J connectivity index is 2.22. The molecule has 112 valence electrons. The van der Waals surface area contributed by atoms with Crippen LogP contribution in [0.4, 0.5) is 13.2 Å². The quantitative estimate of drug-likeness (QED) is 0.942. The van der Waals surface area contributed by atoms with Crippen LogP contribution >= 0.6 is 0 Å². The van der Waals surface area contributed by atoms with E-state index in [0.29, 0.717) is 17.0 Å². The molecule has 0 spiro atoms. The minimum absolute atomic E-state index is 0.300. The highest BCUT2D eigenvalue weighted by atomic mass is 19.4. The molecule has 1 heterocycles. The summed E-state index contributed by atoms with van der Waals surface area (Å²) in [6.45, 7) is 0. The van der Waals surface area contributed by atoms with Gasteiger partial charge in [-0.25, -0.2) is 0 Å². The van der Waals surface area contributed by atoms with Crippen molar-refractivity contribution in [2.75, 3.05) is 7.11 Å². The first-order valence-electron chi connectivity index (χ1n) is 6.01. The van der Waals surface area contributed by atoms with Gasteiger partial charge in [-0.2, -0.15) is 0 Å². The van der Waals surface area contributed by atoms with Gasteiger partial charge in [0.05, 0.1) is 13.2 Å². The van der Waals surface area contributed by atoms with E-state index >= 15 is 0 Å². The summed E-state index contributed by atoms with van der Waals surface area (Å²) in [4.78, 5) is 4.15. The van der Waals surface area contributed by atoms with Crippen molar-refractivity contribution >= 4 is 0 Å². The highest BCUT2D eigenvalue weighted by Crippen LogP contribution is 2.28. The Kier molecular flexibility index (Phi) is 4.32. The molecule has 0 aliphatic heterocycles. The fraction of sp³-hybridized carbons (Fsp3) is 0.214. The van der Waals surface area contributed by atoms with Crippen LogP contribution in [0.1, 0.15) is 17.3 Å². The number of pyridine rings is 1. The second kappa shape index (κ2) is 6.01. The molecule has 0 aliphatic rings. The van der Waals surface area contributed by atoms with E-state index in [1.807, 2.05) is 0 Å². The number of nitrogens with two attached hydrogens (primary N) is 1. The first-order valence-corrected chi connectivity index (χ1v) is 6.01. The number of rotatable bonds is 4. The number of methoxy groups -OCH3 is 1. The maximum Gasteiger partial charge on any atom is 0.573 e. The number of halogens is 3. The minimum atomic E-state index is -4.71. The molecule has 1 aromatic heterocycles. The molecule has 1 atom stereocenters. The maximum absolute atomic E-state index is 12.1. The fourth-order valence-electron chi connectivity index (χ4n) is 1.84. The van der Waals surface area contributed by atoms with E-state index in [1.54, 1.807) is 18.3 Å². The molecule has 2 aromatic rings. The Morgan fingerprint density at radius 3 is 2.38 bits per heavy atom. The first kappa shape index (κ1) is 15.1. The highest BCUT2D eigenvalue weighted by molar-refractivity contribution is 5.38. The Bertz CT molecular complexity index is 600. The summed E-state index contributed by atoms with van der Waals surface area (Å²) in [5, 5.41) is 0. The van der Waals surface area contributed by atoms with Gasteiger partial charge in [-0.3, -0.25) is 4.98 Å². The molecule has 0 fully saturated rings. The summed E-state index contributed by atoms with van der Waals surface area (Å²) in [5.74, 6) is 0.215. The number of benzene rings is 1. The fourth-order valence-corrected chi connectivity index (χ4v) is 1.84. The Morgan fingerprint density at radius 1 is 1.14 bits per heavy atom. The van der Waals surface area contributed by atoms with E-state index in [0.717, 1.165) is 0 Å². The summed E-state index contributed by atoms with van der Waals surface area (Å²) in [6, 6.07) is 8.13. The van der Waals surface area contributed by atoms with Crippen LogP contribution in [0.3, 0.4) is 0 Å². The summed E-state index contributed by atoms with van der Waals surface area (Å²) in [7, 11) is 1.49. The molecular weight excluding hydrogens is 285 g/mol. The first-order chi connectivity index (χ1) is 9.90. The molecule has 0 radical (unpaired) electrons. The van der Waals surface area contributed by atoms with Gasteiger partial charge in [-0.05, 0) is 29.8 Å². The summed E-state index contributed by atoms with van der Waals surface area (Å²) in [6.07, 6.45) is -3.15. The molecule has 21 heavy (non-hydrogen) atoms. The van der Waals surface area contributed by atoms with Crippen molar-refractivity contribution in [2.24, 2.45) is 5.73 Å². The van der Waals surface area contributed by atoms with E-state index < -0.39 is 12.4 Å². The summed E-state index contributed by atoms with van der Waals surface area (Å²) in [5.41, 5.74) is 7.17. The van der Waals surface area contributed by atoms with Gasteiger partial charge in [0.25, 0.3) is 0 Å². The van der Waals surface area contributed by atoms with Gasteiger partial charge in [0.1, 0.15) is 17.2 Å². The molecule has 0 bridgehead atoms. The van der Waals surface area contributed by atoms with Crippen molar-refractivity contribution in [3.63, 3.8) is 0 Å². The van der Waals surface area contributed by atoms with Gasteiger partial charge in [0.2, 0.25) is 0 Å². The molecule has 4 nitrogen and oxygen atoms in total. The molecule has 1 unspecified atom stereocenters. The van der Waals surface area contributed by atoms with E-state index in [9.17, 15) is 13.2 Å². The van der Waals surface area contributed by atoms with E-state index in [1.165, 1.54) is 31.4 Å². The third kappa shape index (κ3) is 3.85. The van der Waals surface area contributed by atoms with Crippen molar-refractivity contribution in [1.29, 1.82) is 0 Å². The zero-order chi connectivity index (χ0) is 15.5. The third-order valence-corrected chi connectivity index (χ3v) is 2.79. The lowest BCUT2D eigenvalue weighted by molar-refractivity contribution is -0.274. The van der Waals surface area contributed by atoms with E-state index in [2.05, 4.69) is 9.72 Å². The lowest BCUT2D eigenvalue weighted by atomic mass is 10.0. The second-order valence-corrected chi connectivity index (χ2v) is 4.19. The van der Waals surface area contributed by atoms with Crippen LogP contribution in [0.15, 0.2) is 42.6 Å². The van der Waals surface area contributed by atoms with Crippen molar-refractivity contribution in [3.05, 3.63) is 53.9 Å². The van der Waals surface area contributed by atoms with Crippen molar-refractivity contribution < 1.29 is 22.6 Å². The van der Waals surface area contributed by atoms with Crippen molar-refractivity contribution in [1.82, 2.24) is 4.98 Å². The summed E-state index contributed by atoms with van der Waals surface area (Å²) >= 11 is 0. The lowest BCUT2D eigenvalue weighted by Gasteiger charge is -2.15. The summed E-state index contributed by atoms with van der Waals surface area (Å²) < 4.78 is 45.2. The van der Waals surface area contributed by atoms with Crippen LogP contribution in [-0.4, -0.2) is 18.5 Å². The van der Waals surface area contributed by atoms with Crippen LogP contribution in [0.5, 0.6) is 11.5 Å². The molecule has 7 heteroatoms. The molecule has 0 aliphatic carbocycles.